The number of carbonyl (C=O) groups excluding carboxylic acids is 9. The Balaban J connectivity index is 4.64. The van der Waals surface area contributed by atoms with Crippen molar-refractivity contribution in [2.75, 3.05) is 19.6 Å². The number of rotatable bonds is 17. The van der Waals surface area contributed by atoms with Gasteiger partial charge in [0.25, 0.3) is 0 Å². The van der Waals surface area contributed by atoms with Crippen LogP contribution in [0.4, 0.5) is 0 Å². The van der Waals surface area contributed by atoms with Gasteiger partial charge in [0.2, 0.25) is 53.2 Å². The molecule has 9 amide bonds. The van der Waals surface area contributed by atoms with Gasteiger partial charge in [0.15, 0.2) is 0 Å². The second-order valence-electron chi connectivity index (χ2n) is 9.60. The predicted octanol–water partition coefficient (Wildman–Crippen LogP) is -6.31. The Kier molecular flexibility index (Phi) is 16.5. The first kappa shape index (κ1) is 38.2. The quantitative estimate of drug-likeness (QED) is 0.0739. The summed E-state index contributed by atoms with van der Waals surface area (Å²) in [7, 11) is 0. The predicted molar refractivity (Wildman–Crippen MR) is 150 cm³/mol. The molecule has 0 saturated carbocycles. The molecule has 0 radical (unpaired) electrons. The number of hydrogen-bond acceptors (Lipinski definition) is 10. The Hall–Kier alpha value is -4.81. The molecule has 242 valence electrons. The molecule has 0 aromatic heterocycles. The van der Waals surface area contributed by atoms with Crippen molar-refractivity contribution < 1.29 is 43.2 Å². The number of nitrogens with two attached hydrogens (primary N) is 2. The van der Waals surface area contributed by atoms with Gasteiger partial charge in [0, 0.05) is 0 Å². The minimum atomic E-state index is -1.13. The average Bonchev–Trinajstić information content (AvgIpc) is 2.93. The third-order valence-electron chi connectivity index (χ3n) is 5.64. The van der Waals surface area contributed by atoms with Crippen LogP contribution in [0.3, 0.4) is 0 Å². The molecule has 0 bridgehead atoms. The molecule has 0 aliphatic rings. The lowest BCUT2D eigenvalue weighted by Crippen LogP contribution is -2.57. The first-order valence-corrected chi connectivity index (χ1v) is 13.2. The van der Waals surface area contributed by atoms with E-state index in [1.54, 1.807) is 0 Å². The van der Waals surface area contributed by atoms with Gasteiger partial charge in [-0.25, -0.2) is 0 Å². The SMILES string of the molecule is C[C@H](NC(=O)[C@H](C)NC(=O)[C@H](C)NC(=O)[C@H](C)NC(=O)[C@H](C)NC(=O)[C@H](C)NC(=O)CNC(=O)CNC(=O)CN)C(N)=O. The zero-order chi connectivity index (χ0) is 33.4. The van der Waals surface area contributed by atoms with Crippen LogP contribution in [0.5, 0.6) is 0 Å². The van der Waals surface area contributed by atoms with E-state index < -0.39 is 96.0 Å². The molecule has 0 saturated heterocycles. The molecule has 0 unspecified atom stereocenters. The lowest BCUT2D eigenvalue weighted by Gasteiger charge is -2.22. The summed E-state index contributed by atoms with van der Waals surface area (Å²) < 4.78 is 0. The van der Waals surface area contributed by atoms with Gasteiger partial charge < -0.3 is 54.0 Å². The molecule has 19 nitrogen and oxygen atoms in total. The summed E-state index contributed by atoms with van der Waals surface area (Å²) in [5.74, 6) is -6.27. The number of primary amides is 1. The number of amides is 9. The second-order valence-corrected chi connectivity index (χ2v) is 9.60. The molecule has 0 aromatic carbocycles. The molecule has 0 aliphatic heterocycles. The minimum absolute atomic E-state index is 0.301. The van der Waals surface area contributed by atoms with Crippen LogP contribution in [-0.2, 0) is 43.2 Å². The van der Waals surface area contributed by atoms with E-state index in [2.05, 4.69) is 42.5 Å². The highest BCUT2D eigenvalue weighted by Gasteiger charge is 2.27. The molecule has 12 N–H and O–H groups in total. The number of carbonyl (C=O) groups is 9. The van der Waals surface area contributed by atoms with Gasteiger partial charge in [-0.2, -0.15) is 0 Å². The van der Waals surface area contributed by atoms with E-state index in [1.165, 1.54) is 41.5 Å². The van der Waals surface area contributed by atoms with Crippen molar-refractivity contribution in [3.8, 4) is 0 Å². The van der Waals surface area contributed by atoms with Crippen LogP contribution < -0.4 is 54.0 Å². The van der Waals surface area contributed by atoms with Crippen LogP contribution >= 0.6 is 0 Å². The third kappa shape index (κ3) is 15.1. The summed E-state index contributed by atoms with van der Waals surface area (Å²) in [6, 6.07) is -6.46. The van der Waals surface area contributed by atoms with Crippen LogP contribution in [-0.4, -0.2) is 109 Å². The standard InChI is InChI=1S/C24H42N10O9/c1-10(19(26)38)30-21(40)12(3)32-23(42)14(5)34-24(43)15(6)33-22(41)13(4)31-20(39)11(2)29-18(37)9-28-17(36)8-27-16(35)7-25/h10-15H,7-9,25H2,1-6H3,(H2,26,38)(H,27,35)(H,28,36)(H,29,37)(H,30,40)(H,31,39)(H,32,42)(H,33,41)(H,34,43)/t10-,11-,12-,13-,14-,15-/m0/s1. The Morgan fingerprint density at radius 2 is 0.721 bits per heavy atom. The molecule has 0 heterocycles. The van der Waals surface area contributed by atoms with Crippen molar-refractivity contribution in [3.05, 3.63) is 0 Å². The minimum Gasteiger partial charge on any atom is -0.368 e. The van der Waals surface area contributed by atoms with E-state index in [0.717, 1.165) is 0 Å². The molecule has 43 heavy (non-hydrogen) atoms. The Labute approximate surface area is 248 Å². The molecule has 19 heteroatoms. The van der Waals surface area contributed by atoms with Crippen LogP contribution in [0.2, 0.25) is 0 Å². The van der Waals surface area contributed by atoms with Crippen LogP contribution in [0, 0.1) is 0 Å². The van der Waals surface area contributed by atoms with Crippen molar-refractivity contribution in [1.82, 2.24) is 42.5 Å². The van der Waals surface area contributed by atoms with Gasteiger partial charge in [0.1, 0.15) is 36.3 Å². The number of nitrogens with one attached hydrogen (secondary N) is 8. The van der Waals surface area contributed by atoms with E-state index in [1.807, 2.05) is 0 Å². The highest BCUT2D eigenvalue weighted by Crippen LogP contribution is 1.94. The molecule has 0 spiro atoms. The zero-order valence-electron chi connectivity index (χ0n) is 24.9. The largest absolute Gasteiger partial charge is 0.368 e. The Bertz CT molecular complexity index is 1080. The van der Waals surface area contributed by atoms with E-state index in [-0.39, 0.29) is 13.1 Å². The highest BCUT2D eigenvalue weighted by atomic mass is 16.2. The monoisotopic (exact) mass is 614 g/mol. The maximum atomic E-state index is 12.5. The van der Waals surface area contributed by atoms with Crippen molar-refractivity contribution >= 4 is 53.2 Å². The summed E-state index contributed by atoms with van der Waals surface area (Å²) in [5, 5.41) is 18.6. The maximum absolute atomic E-state index is 12.5. The van der Waals surface area contributed by atoms with Crippen molar-refractivity contribution in [2.24, 2.45) is 11.5 Å². The van der Waals surface area contributed by atoms with Crippen LogP contribution in [0.25, 0.3) is 0 Å². The fourth-order valence-corrected chi connectivity index (χ4v) is 2.88. The Morgan fingerprint density at radius 3 is 1.05 bits per heavy atom. The van der Waals surface area contributed by atoms with Gasteiger partial charge in [-0.3, -0.25) is 43.2 Å². The summed E-state index contributed by atoms with van der Waals surface area (Å²) in [6.07, 6.45) is 0. The van der Waals surface area contributed by atoms with Gasteiger partial charge in [-0.1, -0.05) is 0 Å². The summed E-state index contributed by atoms with van der Waals surface area (Å²) in [5.41, 5.74) is 10.2. The molecule has 0 aromatic rings. The molecule has 6 atom stereocenters. The van der Waals surface area contributed by atoms with Gasteiger partial charge in [0.05, 0.1) is 19.6 Å². The topological polar surface area (TPSA) is 302 Å². The highest BCUT2D eigenvalue weighted by molar-refractivity contribution is 5.96. The average molecular weight is 615 g/mol. The Morgan fingerprint density at radius 1 is 0.442 bits per heavy atom. The lowest BCUT2D eigenvalue weighted by molar-refractivity contribution is -0.134. The lowest BCUT2D eigenvalue weighted by atomic mass is 10.2. The molecular weight excluding hydrogens is 572 g/mol. The first-order chi connectivity index (χ1) is 19.9. The normalized spacial score (nSPS) is 14.6. The molecule has 0 aliphatic carbocycles. The van der Waals surface area contributed by atoms with Crippen LogP contribution in [0.15, 0.2) is 0 Å². The first-order valence-electron chi connectivity index (χ1n) is 13.2. The number of hydrogen-bond donors (Lipinski definition) is 10. The van der Waals surface area contributed by atoms with Gasteiger partial charge in [-0.15, -0.1) is 0 Å². The molecular formula is C24H42N10O9. The van der Waals surface area contributed by atoms with Gasteiger partial charge >= 0.3 is 0 Å². The molecule has 0 rings (SSSR count). The smallest absolute Gasteiger partial charge is 0.242 e. The summed E-state index contributed by atoms with van der Waals surface area (Å²) in [4.78, 5) is 107. The zero-order valence-corrected chi connectivity index (χ0v) is 24.9. The summed E-state index contributed by atoms with van der Waals surface area (Å²) in [6.45, 7) is 6.95. The maximum Gasteiger partial charge on any atom is 0.242 e. The van der Waals surface area contributed by atoms with Crippen molar-refractivity contribution in [1.29, 1.82) is 0 Å². The van der Waals surface area contributed by atoms with Crippen LogP contribution in [0.1, 0.15) is 41.5 Å². The van der Waals surface area contributed by atoms with E-state index in [9.17, 15) is 43.2 Å². The fourth-order valence-electron chi connectivity index (χ4n) is 2.88. The van der Waals surface area contributed by atoms with Crippen molar-refractivity contribution in [2.45, 2.75) is 77.8 Å². The third-order valence-corrected chi connectivity index (χ3v) is 5.64. The van der Waals surface area contributed by atoms with E-state index in [4.69, 9.17) is 11.5 Å². The second kappa shape index (κ2) is 18.6. The fraction of sp³-hybridized carbons (Fsp3) is 0.625. The van der Waals surface area contributed by atoms with Crippen molar-refractivity contribution in [3.63, 3.8) is 0 Å². The van der Waals surface area contributed by atoms with E-state index in [0.29, 0.717) is 0 Å². The van der Waals surface area contributed by atoms with Gasteiger partial charge in [-0.05, 0) is 41.5 Å². The molecule has 0 fully saturated rings. The summed E-state index contributed by atoms with van der Waals surface area (Å²) >= 11 is 0. The van der Waals surface area contributed by atoms with E-state index >= 15 is 0 Å².